The van der Waals surface area contributed by atoms with Crippen LogP contribution in [0.3, 0.4) is 0 Å². The van der Waals surface area contributed by atoms with E-state index in [2.05, 4.69) is 9.88 Å². The molecule has 0 atom stereocenters. The van der Waals surface area contributed by atoms with Crippen LogP contribution in [0.2, 0.25) is 5.02 Å². The van der Waals surface area contributed by atoms with Crippen LogP contribution >= 0.6 is 11.6 Å². The molecule has 1 N–H and O–H groups in total. The van der Waals surface area contributed by atoms with Gasteiger partial charge in [0, 0.05) is 48.4 Å². The lowest BCUT2D eigenvalue weighted by Gasteiger charge is -2.27. The molecule has 6 nitrogen and oxygen atoms in total. The predicted octanol–water partition coefficient (Wildman–Crippen LogP) is 4.21. The summed E-state index contributed by atoms with van der Waals surface area (Å²) in [6.07, 6.45) is 2.81. The molecule has 0 radical (unpaired) electrons. The zero-order valence-electron chi connectivity index (χ0n) is 16.4. The Hall–Kier alpha value is -2.96. The first-order valence-electron chi connectivity index (χ1n) is 9.83. The molecule has 7 heteroatoms. The molecule has 2 heterocycles. The van der Waals surface area contributed by atoms with Crippen LogP contribution in [0.1, 0.15) is 23.2 Å². The highest BCUT2D eigenvalue weighted by Gasteiger charge is 2.19. The highest BCUT2D eigenvalue weighted by molar-refractivity contribution is 6.30. The summed E-state index contributed by atoms with van der Waals surface area (Å²) in [5, 5.41) is 9.57. The van der Waals surface area contributed by atoms with E-state index < -0.39 is 5.97 Å². The third kappa shape index (κ3) is 5.14. The van der Waals surface area contributed by atoms with Crippen LogP contribution in [0.15, 0.2) is 54.7 Å². The highest BCUT2D eigenvalue weighted by atomic mass is 35.5. The van der Waals surface area contributed by atoms with Crippen molar-refractivity contribution >= 4 is 17.6 Å². The largest absolute Gasteiger partial charge is 0.489 e. The molecule has 154 valence electrons. The molecule has 1 aromatic heterocycles. The molecule has 0 saturated carbocycles. The number of ether oxygens (including phenoxy) is 1. The number of halogens is 1. The number of carboxylic acids is 1. The molecular formula is C23H22ClN3O3. The second-order valence-corrected chi connectivity index (χ2v) is 7.71. The molecule has 0 unspecified atom stereocenters. The monoisotopic (exact) mass is 423 g/mol. The Kier molecular flexibility index (Phi) is 6.26. The van der Waals surface area contributed by atoms with Crippen molar-refractivity contribution in [2.75, 3.05) is 13.1 Å². The van der Waals surface area contributed by atoms with Crippen LogP contribution in [0.4, 0.5) is 0 Å². The fourth-order valence-corrected chi connectivity index (χ4v) is 3.53. The topological polar surface area (TPSA) is 75.5 Å². The number of nitrogens with zero attached hydrogens (tertiary/aromatic N) is 3. The normalized spacial score (nSPS) is 13.6. The maximum atomic E-state index is 10.8. The minimum absolute atomic E-state index is 0.153. The fraction of sp³-hybridized carbons (Fsp3) is 0.261. The first kappa shape index (κ1) is 20.3. The lowest BCUT2D eigenvalue weighted by Crippen LogP contribution is -2.33. The number of benzene rings is 2. The molecule has 0 bridgehead atoms. The number of rotatable bonds is 7. The average molecular weight is 424 g/mol. The van der Waals surface area contributed by atoms with Gasteiger partial charge in [0.2, 0.25) is 0 Å². The van der Waals surface area contributed by atoms with E-state index in [1.807, 2.05) is 54.7 Å². The van der Waals surface area contributed by atoms with E-state index >= 15 is 0 Å². The molecule has 2 aromatic carbocycles. The van der Waals surface area contributed by atoms with E-state index in [-0.39, 0.29) is 6.42 Å². The summed E-state index contributed by atoms with van der Waals surface area (Å²) >= 11 is 5.90. The zero-order chi connectivity index (χ0) is 20.9. The maximum absolute atomic E-state index is 10.8. The van der Waals surface area contributed by atoms with E-state index in [1.165, 1.54) is 0 Å². The van der Waals surface area contributed by atoms with Crippen molar-refractivity contribution in [1.29, 1.82) is 0 Å². The van der Waals surface area contributed by atoms with Gasteiger partial charge in [-0.3, -0.25) is 9.69 Å². The van der Waals surface area contributed by atoms with E-state index in [0.717, 1.165) is 41.1 Å². The Balaban J connectivity index is 1.38. The molecule has 0 amide bonds. The summed E-state index contributed by atoms with van der Waals surface area (Å²) in [6, 6.07) is 15.3. The van der Waals surface area contributed by atoms with Crippen LogP contribution in [-0.4, -0.2) is 39.0 Å². The number of aliphatic carboxylic acids is 1. The summed E-state index contributed by atoms with van der Waals surface area (Å²) in [7, 11) is 0. The molecule has 0 aliphatic carbocycles. The van der Waals surface area contributed by atoms with Gasteiger partial charge >= 0.3 is 5.97 Å². The summed E-state index contributed by atoms with van der Waals surface area (Å²) in [6.45, 7) is 2.53. The van der Waals surface area contributed by atoms with Crippen molar-refractivity contribution in [3.63, 3.8) is 0 Å². The predicted molar refractivity (Wildman–Crippen MR) is 114 cm³/mol. The minimum atomic E-state index is -0.770. The second-order valence-electron chi connectivity index (χ2n) is 7.27. The lowest BCUT2D eigenvalue weighted by molar-refractivity contribution is -0.137. The number of carbonyl (C=O) groups is 1. The molecule has 3 aromatic rings. The van der Waals surface area contributed by atoms with Crippen LogP contribution in [0.25, 0.3) is 11.4 Å². The molecule has 0 spiro atoms. The average Bonchev–Trinajstić information content (AvgIpc) is 2.77. The fourth-order valence-electron chi connectivity index (χ4n) is 3.41. The van der Waals surface area contributed by atoms with Gasteiger partial charge in [0.25, 0.3) is 0 Å². The van der Waals surface area contributed by atoms with Crippen LogP contribution in [-0.2, 0) is 24.4 Å². The van der Waals surface area contributed by atoms with Gasteiger partial charge in [-0.25, -0.2) is 9.97 Å². The van der Waals surface area contributed by atoms with Crippen LogP contribution in [0.5, 0.6) is 5.75 Å². The quantitative estimate of drug-likeness (QED) is 0.613. The molecule has 30 heavy (non-hydrogen) atoms. The van der Waals surface area contributed by atoms with Crippen molar-refractivity contribution in [2.45, 2.75) is 26.0 Å². The summed E-state index contributed by atoms with van der Waals surface area (Å²) in [5.41, 5.74) is 4.09. The standard InChI is InChI=1S/C23H22ClN3O3/c24-19-5-1-16(2-6-19)15-30-20-7-3-17(4-8-20)23-25-13-18-14-27(12-10-22(28)29)11-9-21(18)26-23/h1-8,13H,9-12,14-15H2,(H,28,29). The number of fused-ring (bicyclic) bond motifs is 1. The van der Waals surface area contributed by atoms with Crippen molar-refractivity contribution in [3.05, 3.63) is 76.6 Å². The summed E-state index contributed by atoms with van der Waals surface area (Å²) < 4.78 is 5.83. The van der Waals surface area contributed by atoms with Gasteiger partial charge < -0.3 is 9.84 Å². The Bertz CT molecular complexity index is 1020. The number of hydrogen-bond donors (Lipinski definition) is 1. The molecule has 0 saturated heterocycles. The summed E-state index contributed by atoms with van der Waals surface area (Å²) in [4.78, 5) is 22.2. The molecular weight excluding hydrogens is 402 g/mol. The minimum Gasteiger partial charge on any atom is -0.489 e. The van der Waals surface area contributed by atoms with Crippen molar-refractivity contribution in [3.8, 4) is 17.1 Å². The van der Waals surface area contributed by atoms with Gasteiger partial charge in [-0.05, 0) is 42.0 Å². The summed E-state index contributed by atoms with van der Waals surface area (Å²) in [5.74, 6) is 0.700. The van der Waals surface area contributed by atoms with Crippen molar-refractivity contribution < 1.29 is 14.6 Å². The van der Waals surface area contributed by atoms with E-state index in [4.69, 9.17) is 26.4 Å². The Morgan fingerprint density at radius 2 is 1.90 bits per heavy atom. The first-order valence-corrected chi connectivity index (χ1v) is 10.2. The van der Waals surface area contributed by atoms with Crippen LogP contribution < -0.4 is 4.74 Å². The molecule has 0 fully saturated rings. The van der Waals surface area contributed by atoms with Crippen LogP contribution in [0, 0.1) is 0 Å². The molecule has 4 rings (SSSR count). The number of aromatic nitrogens is 2. The van der Waals surface area contributed by atoms with Crippen molar-refractivity contribution in [2.24, 2.45) is 0 Å². The van der Waals surface area contributed by atoms with Gasteiger partial charge in [0.05, 0.1) is 12.1 Å². The molecule has 1 aliphatic rings. The second kappa shape index (κ2) is 9.24. The maximum Gasteiger partial charge on any atom is 0.304 e. The van der Waals surface area contributed by atoms with Gasteiger partial charge in [-0.2, -0.15) is 0 Å². The van der Waals surface area contributed by atoms with Gasteiger partial charge in [0.1, 0.15) is 12.4 Å². The SMILES string of the molecule is O=C(O)CCN1CCc2nc(-c3ccc(OCc4ccc(Cl)cc4)cc3)ncc2C1. The van der Waals surface area contributed by atoms with Gasteiger partial charge in [-0.15, -0.1) is 0 Å². The smallest absolute Gasteiger partial charge is 0.304 e. The zero-order valence-corrected chi connectivity index (χ0v) is 17.2. The van der Waals surface area contributed by atoms with E-state index in [1.54, 1.807) is 0 Å². The first-order chi connectivity index (χ1) is 14.6. The third-order valence-electron chi connectivity index (χ3n) is 5.09. The molecule has 1 aliphatic heterocycles. The Morgan fingerprint density at radius 3 is 2.63 bits per heavy atom. The highest BCUT2D eigenvalue weighted by Crippen LogP contribution is 2.23. The van der Waals surface area contributed by atoms with E-state index in [9.17, 15) is 4.79 Å². The number of carboxylic acid groups (broad SMARTS) is 1. The number of hydrogen-bond acceptors (Lipinski definition) is 5. The Labute approximate surface area is 180 Å². The van der Waals surface area contributed by atoms with Crippen molar-refractivity contribution in [1.82, 2.24) is 14.9 Å². The Morgan fingerprint density at radius 1 is 1.13 bits per heavy atom. The van der Waals surface area contributed by atoms with E-state index in [0.29, 0.717) is 30.5 Å². The third-order valence-corrected chi connectivity index (χ3v) is 5.34. The lowest BCUT2D eigenvalue weighted by atomic mass is 10.1. The van der Waals surface area contributed by atoms with Gasteiger partial charge in [0.15, 0.2) is 5.82 Å². The van der Waals surface area contributed by atoms with Gasteiger partial charge in [-0.1, -0.05) is 23.7 Å².